The van der Waals surface area contributed by atoms with Gasteiger partial charge in [0.25, 0.3) is 0 Å². The SMILES string of the molecule is Cc1ccc(NC(=O)C2CCCS2)cc1. The number of aryl methyl sites for hydroxylation is 1. The first-order chi connectivity index (χ1) is 7.25. The summed E-state index contributed by atoms with van der Waals surface area (Å²) in [4.78, 5) is 11.8. The summed E-state index contributed by atoms with van der Waals surface area (Å²) in [6.45, 7) is 2.04. The molecule has 1 heterocycles. The zero-order valence-corrected chi connectivity index (χ0v) is 9.64. The number of carbonyl (C=O) groups excluding carboxylic acids is 1. The molecule has 0 aromatic heterocycles. The Labute approximate surface area is 94.4 Å². The second kappa shape index (κ2) is 4.71. The third kappa shape index (κ3) is 2.75. The standard InChI is InChI=1S/C12H15NOS/c1-9-4-6-10(7-5-9)13-12(14)11-3-2-8-15-11/h4-7,11H,2-3,8H2,1H3,(H,13,14). The van der Waals surface area contributed by atoms with Gasteiger partial charge in [-0.3, -0.25) is 4.79 Å². The van der Waals surface area contributed by atoms with Crippen LogP contribution in [0.5, 0.6) is 0 Å². The van der Waals surface area contributed by atoms with Crippen LogP contribution in [-0.2, 0) is 4.79 Å². The number of anilines is 1. The zero-order valence-electron chi connectivity index (χ0n) is 8.82. The molecule has 1 unspecified atom stereocenters. The van der Waals surface area contributed by atoms with Gasteiger partial charge in [0.2, 0.25) is 5.91 Å². The smallest absolute Gasteiger partial charge is 0.237 e. The Morgan fingerprint density at radius 2 is 2.13 bits per heavy atom. The predicted octanol–water partition coefficient (Wildman–Crippen LogP) is 2.83. The number of amides is 1. The number of hydrogen-bond donors (Lipinski definition) is 1. The van der Waals surface area contributed by atoms with E-state index in [9.17, 15) is 4.79 Å². The van der Waals surface area contributed by atoms with Crippen LogP contribution < -0.4 is 5.32 Å². The summed E-state index contributed by atoms with van der Waals surface area (Å²) in [5.41, 5.74) is 2.11. The summed E-state index contributed by atoms with van der Waals surface area (Å²) in [7, 11) is 0. The van der Waals surface area contributed by atoms with Crippen LogP contribution in [0.15, 0.2) is 24.3 Å². The van der Waals surface area contributed by atoms with Crippen LogP contribution in [0.2, 0.25) is 0 Å². The van der Waals surface area contributed by atoms with E-state index in [0.29, 0.717) is 0 Å². The summed E-state index contributed by atoms with van der Waals surface area (Å²) >= 11 is 1.76. The minimum absolute atomic E-state index is 0.154. The topological polar surface area (TPSA) is 29.1 Å². The van der Waals surface area contributed by atoms with Gasteiger partial charge in [-0.25, -0.2) is 0 Å². The van der Waals surface area contributed by atoms with E-state index >= 15 is 0 Å². The molecule has 1 atom stereocenters. The lowest BCUT2D eigenvalue weighted by Crippen LogP contribution is -2.22. The van der Waals surface area contributed by atoms with E-state index in [0.717, 1.165) is 24.3 Å². The average molecular weight is 221 g/mol. The van der Waals surface area contributed by atoms with Crippen LogP contribution in [0.4, 0.5) is 5.69 Å². The van der Waals surface area contributed by atoms with Crippen molar-refractivity contribution in [3.63, 3.8) is 0 Å². The third-order valence-corrected chi connectivity index (χ3v) is 3.92. The maximum absolute atomic E-state index is 11.8. The van der Waals surface area contributed by atoms with Crippen LogP contribution in [0, 0.1) is 6.92 Å². The van der Waals surface area contributed by atoms with E-state index in [4.69, 9.17) is 0 Å². The summed E-state index contributed by atoms with van der Waals surface area (Å²) in [6, 6.07) is 7.93. The summed E-state index contributed by atoms with van der Waals surface area (Å²) in [5, 5.41) is 3.11. The lowest BCUT2D eigenvalue weighted by molar-refractivity contribution is -0.115. The number of hydrogen-bond acceptors (Lipinski definition) is 2. The van der Waals surface area contributed by atoms with Crippen LogP contribution >= 0.6 is 11.8 Å². The quantitative estimate of drug-likeness (QED) is 0.832. The molecule has 1 aliphatic rings. The summed E-state index contributed by atoms with van der Waals surface area (Å²) < 4.78 is 0. The van der Waals surface area contributed by atoms with Crippen LogP contribution in [0.25, 0.3) is 0 Å². The van der Waals surface area contributed by atoms with Gasteiger partial charge in [0.1, 0.15) is 0 Å². The van der Waals surface area contributed by atoms with Crippen LogP contribution in [0.1, 0.15) is 18.4 Å². The Kier molecular flexibility index (Phi) is 3.31. The van der Waals surface area contributed by atoms with Crippen molar-refractivity contribution in [2.45, 2.75) is 25.0 Å². The first-order valence-electron chi connectivity index (χ1n) is 5.25. The van der Waals surface area contributed by atoms with Crippen molar-refractivity contribution in [1.82, 2.24) is 0 Å². The van der Waals surface area contributed by atoms with Crippen molar-refractivity contribution in [2.75, 3.05) is 11.1 Å². The van der Waals surface area contributed by atoms with Gasteiger partial charge in [0, 0.05) is 5.69 Å². The lowest BCUT2D eigenvalue weighted by atomic mass is 10.2. The minimum atomic E-state index is 0.154. The molecule has 80 valence electrons. The molecule has 0 bridgehead atoms. The molecule has 2 rings (SSSR count). The highest BCUT2D eigenvalue weighted by molar-refractivity contribution is 8.00. The molecule has 1 saturated heterocycles. The summed E-state index contributed by atoms with van der Waals surface area (Å²) in [5.74, 6) is 1.27. The molecular weight excluding hydrogens is 206 g/mol. The molecule has 1 fully saturated rings. The van der Waals surface area contributed by atoms with E-state index in [1.807, 2.05) is 31.2 Å². The van der Waals surface area contributed by atoms with E-state index in [-0.39, 0.29) is 11.2 Å². The van der Waals surface area contributed by atoms with Crippen LogP contribution in [0.3, 0.4) is 0 Å². The fourth-order valence-electron chi connectivity index (χ4n) is 1.64. The molecule has 0 radical (unpaired) electrons. The molecule has 3 heteroatoms. The second-order valence-electron chi connectivity index (χ2n) is 3.86. The van der Waals surface area contributed by atoms with E-state index in [1.165, 1.54) is 5.56 Å². The number of nitrogens with one attached hydrogen (secondary N) is 1. The number of carbonyl (C=O) groups is 1. The predicted molar refractivity (Wildman–Crippen MR) is 65.3 cm³/mol. The van der Waals surface area contributed by atoms with Gasteiger partial charge in [-0.15, -0.1) is 11.8 Å². The molecule has 0 spiro atoms. The highest BCUT2D eigenvalue weighted by Gasteiger charge is 2.23. The monoisotopic (exact) mass is 221 g/mol. The third-order valence-electron chi connectivity index (χ3n) is 2.54. The normalized spacial score (nSPS) is 20.2. The number of benzene rings is 1. The fraction of sp³-hybridized carbons (Fsp3) is 0.417. The van der Waals surface area contributed by atoms with Gasteiger partial charge in [-0.1, -0.05) is 17.7 Å². The largest absolute Gasteiger partial charge is 0.325 e. The Morgan fingerprint density at radius 1 is 1.40 bits per heavy atom. The number of thioether (sulfide) groups is 1. The van der Waals surface area contributed by atoms with Gasteiger partial charge in [-0.05, 0) is 37.7 Å². The highest BCUT2D eigenvalue weighted by atomic mass is 32.2. The molecule has 1 amide bonds. The Bertz CT molecular complexity index is 341. The zero-order chi connectivity index (χ0) is 10.7. The molecule has 15 heavy (non-hydrogen) atoms. The second-order valence-corrected chi connectivity index (χ2v) is 5.17. The average Bonchev–Trinajstić information content (AvgIpc) is 2.74. The van der Waals surface area contributed by atoms with E-state index in [1.54, 1.807) is 11.8 Å². The van der Waals surface area contributed by atoms with Gasteiger partial charge in [0.15, 0.2) is 0 Å². The van der Waals surface area contributed by atoms with Crippen molar-refractivity contribution in [3.05, 3.63) is 29.8 Å². The fourth-order valence-corrected chi connectivity index (χ4v) is 2.81. The van der Waals surface area contributed by atoms with Crippen LogP contribution in [-0.4, -0.2) is 16.9 Å². The molecule has 2 nitrogen and oxygen atoms in total. The maximum Gasteiger partial charge on any atom is 0.237 e. The highest BCUT2D eigenvalue weighted by Crippen LogP contribution is 2.27. The van der Waals surface area contributed by atoms with Gasteiger partial charge in [-0.2, -0.15) is 0 Å². The molecule has 0 aliphatic carbocycles. The number of rotatable bonds is 2. The molecule has 1 aromatic carbocycles. The van der Waals surface area contributed by atoms with Gasteiger partial charge < -0.3 is 5.32 Å². The van der Waals surface area contributed by atoms with E-state index in [2.05, 4.69) is 5.32 Å². The van der Waals surface area contributed by atoms with Crippen molar-refractivity contribution < 1.29 is 4.79 Å². The Balaban J connectivity index is 1.96. The Hall–Kier alpha value is -0.960. The van der Waals surface area contributed by atoms with Crippen molar-refractivity contribution in [2.24, 2.45) is 0 Å². The van der Waals surface area contributed by atoms with Crippen molar-refractivity contribution in [3.8, 4) is 0 Å². The summed E-state index contributed by atoms with van der Waals surface area (Å²) in [6.07, 6.45) is 2.18. The molecule has 1 aliphatic heterocycles. The lowest BCUT2D eigenvalue weighted by Gasteiger charge is -2.09. The van der Waals surface area contributed by atoms with Gasteiger partial charge in [0.05, 0.1) is 5.25 Å². The van der Waals surface area contributed by atoms with Crippen molar-refractivity contribution >= 4 is 23.4 Å². The molecule has 1 aromatic rings. The Morgan fingerprint density at radius 3 is 2.73 bits per heavy atom. The minimum Gasteiger partial charge on any atom is -0.325 e. The molecule has 1 N–H and O–H groups in total. The van der Waals surface area contributed by atoms with E-state index < -0.39 is 0 Å². The first-order valence-corrected chi connectivity index (χ1v) is 6.30. The first kappa shape index (κ1) is 10.6. The molecular formula is C12H15NOS. The van der Waals surface area contributed by atoms with Gasteiger partial charge >= 0.3 is 0 Å². The molecule has 0 saturated carbocycles. The van der Waals surface area contributed by atoms with Crippen molar-refractivity contribution in [1.29, 1.82) is 0 Å². The maximum atomic E-state index is 11.8.